The molecule has 2 atom stereocenters. The summed E-state index contributed by atoms with van der Waals surface area (Å²) >= 11 is 0. The van der Waals surface area contributed by atoms with Crippen LogP contribution in [0, 0.1) is 19.8 Å². The van der Waals surface area contributed by atoms with Gasteiger partial charge in [0.05, 0.1) is 35.1 Å². The summed E-state index contributed by atoms with van der Waals surface area (Å²) in [7, 11) is 0. The maximum absolute atomic E-state index is 13.1. The van der Waals surface area contributed by atoms with Gasteiger partial charge >= 0.3 is 0 Å². The molecule has 3 aromatic rings. The molecule has 0 bridgehead atoms. The van der Waals surface area contributed by atoms with E-state index < -0.39 is 0 Å². The molecule has 2 aromatic heterocycles. The monoisotopic (exact) mass is 391 g/mol. The average Bonchev–Trinajstić information content (AvgIpc) is 3.03. The number of aromatic nitrogens is 3. The minimum Gasteiger partial charge on any atom is -0.397 e. The van der Waals surface area contributed by atoms with Crippen LogP contribution < -0.4 is 5.73 Å². The predicted molar refractivity (Wildman–Crippen MR) is 116 cm³/mol. The molecule has 1 fully saturated rings. The lowest BCUT2D eigenvalue weighted by Crippen LogP contribution is -2.43. The summed E-state index contributed by atoms with van der Waals surface area (Å²) in [6, 6.07) is 12.1. The molecule has 6 nitrogen and oxygen atoms in total. The number of rotatable bonds is 4. The Balaban J connectivity index is 1.50. The van der Waals surface area contributed by atoms with Gasteiger partial charge in [-0.2, -0.15) is 5.10 Å². The third kappa shape index (κ3) is 3.97. The summed E-state index contributed by atoms with van der Waals surface area (Å²) in [5.41, 5.74) is 11.0. The zero-order valence-electron chi connectivity index (χ0n) is 17.4. The first-order chi connectivity index (χ1) is 13.9. The molecule has 4 rings (SSSR count). The maximum Gasteiger partial charge on any atom is 0.227 e. The lowest BCUT2D eigenvalue weighted by atomic mass is 9.92. The van der Waals surface area contributed by atoms with E-state index in [1.165, 1.54) is 0 Å². The van der Waals surface area contributed by atoms with Gasteiger partial charge in [0.15, 0.2) is 0 Å². The van der Waals surface area contributed by atoms with Crippen molar-refractivity contribution in [3.63, 3.8) is 0 Å². The van der Waals surface area contributed by atoms with Gasteiger partial charge in [-0.05, 0) is 44.9 Å². The number of fused-ring (bicyclic) bond motifs is 1. The lowest BCUT2D eigenvalue weighted by molar-refractivity contribution is -0.136. The number of pyridine rings is 1. The van der Waals surface area contributed by atoms with E-state index >= 15 is 0 Å². The van der Waals surface area contributed by atoms with Crippen LogP contribution in [0.4, 0.5) is 5.69 Å². The van der Waals surface area contributed by atoms with Gasteiger partial charge in [-0.25, -0.2) is 0 Å². The maximum atomic E-state index is 13.1. The van der Waals surface area contributed by atoms with Crippen molar-refractivity contribution in [2.75, 3.05) is 18.8 Å². The van der Waals surface area contributed by atoms with Gasteiger partial charge in [-0.15, -0.1) is 0 Å². The van der Waals surface area contributed by atoms with Crippen LogP contribution in [0.3, 0.4) is 0 Å². The number of nitrogens with zero attached hydrogens (tertiary/aromatic N) is 4. The van der Waals surface area contributed by atoms with Crippen molar-refractivity contribution in [1.29, 1.82) is 0 Å². The first-order valence-electron chi connectivity index (χ1n) is 10.4. The highest BCUT2D eigenvalue weighted by molar-refractivity contribution is 5.82. The second-order valence-electron chi connectivity index (χ2n) is 8.29. The number of para-hydroxylation sites is 1. The zero-order valence-corrected chi connectivity index (χ0v) is 17.4. The smallest absolute Gasteiger partial charge is 0.227 e. The van der Waals surface area contributed by atoms with Gasteiger partial charge in [-0.1, -0.05) is 25.1 Å². The topological polar surface area (TPSA) is 77.0 Å². The Morgan fingerprint density at radius 2 is 2.07 bits per heavy atom. The highest BCUT2D eigenvalue weighted by Crippen LogP contribution is 2.32. The molecule has 29 heavy (non-hydrogen) atoms. The van der Waals surface area contributed by atoms with Gasteiger partial charge in [0.1, 0.15) is 0 Å². The zero-order chi connectivity index (χ0) is 20.5. The molecule has 1 aliphatic rings. The van der Waals surface area contributed by atoms with E-state index in [9.17, 15) is 4.79 Å². The summed E-state index contributed by atoms with van der Waals surface area (Å²) in [4.78, 5) is 20.0. The first kappa shape index (κ1) is 19.4. The highest BCUT2D eigenvalue weighted by atomic mass is 16.2. The van der Waals surface area contributed by atoms with E-state index in [1.807, 2.05) is 66.8 Å². The Hall–Kier alpha value is -2.89. The number of piperidine rings is 1. The van der Waals surface area contributed by atoms with Gasteiger partial charge in [0, 0.05) is 30.1 Å². The van der Waals surface area contributed by atoms with E-state index in [0.29, 0.717) is 13.1 Å². The van der Waals surface area contributed by atoms with Crippen molar-refractivity contribution in [2.24, 2.45) is 5.92 Å². The fraction of sp³-hybridized carbons (Fsp3) is 0.435. The quantitative estimate of drug-likeness (QED) is 0.736. The normalized spacial score (nSPS) is 18.2. The predicted octanol–water partition coefficient (Wildman–Crippen LogP) is 3.67. The molecule has 0 spiro atoms. The number of hydrogen-bond donors (Lipinski definition) is 1. The number of amides is 1. The number of hydrogen-bond acceptors (Lipinski definition) is 4. The van der Waals surface area contributed by atoms with Crippen LogP contribution in [0.1, 0.15) is 42.8 Å². The average molecular weight is 392 g/mol. The van der Waals surface area contributed by atoms with Crippen molar-refractivity contribution in [3.05, 3.63) is 53.5 Å². The summed E-state index contributed by atoms with van der Waals surface area (Å²) in [6.45, 7) is 8.08. The lowest BCUT2D eigenvalue weighted by Gasteiger charge is -2.34. The second-order valence-corrected chi connectivity index (χ2v) is 8.29. The molecule has 0 aliphatic carbocycles. The molecule has 6 heteroatoms. The molecule has 0 radical (unpaired) electrons. The van der Waals surface area contributed by atoms with Crippen LogP contribution in [-0.4, -0.2) is 38.7 Å². The number of aryl methyl sites for hydroxylation is 2. The molecule has 1 aromatic carbocycles. The minimum atomic E-state index is -0.117. The van der Waals surface area contributed by atoms with Crippen LogP contribution >= 0.6 is 0 Å². The number of nitrogen functional groups attached to an aromatic ring is 1. The Labute approximate surface area is 171 Å². The number of carbonyl (C=O) groups excluding carboxylic acids is 1. The molecule has 1 aliphatic heterocycles. The van der Waals surface area contributed by atoms with E-state index in [-0.39, 0.29) is 17.7 Å². The Morgan fingerprint density at radius 1 is 1.28 bits per heavy atom. The Morgan fingerprint density at radius 3 is 2.83 bits per heavy atom. The molecule has 1 amide bonds. The van der Waals surface area contributed by atoms with Crippen LogP contribution in [0.15, 0.2) is 36.4 Å². The molecule has 0 unspecified atom stereocenters. The van der Waals surface area contributed by atoms with Crippen molar-refractivity contribution < 1.29 is 4.79 Å². The van der Waals surface area contributed by atoms with Crippen molar-refractivity contribution in [1.82, 2.24) is 19.7 Å². The summed E-state index contributed by atoms with van der Waals surface area (Å²) < 4.78 is 1.93. The largest absolute Gasteiger partial charge is 0.397 e. The number of carbonyl (C=O) groups is 1. The van der Waals surface area contributed by atoms with E-state index in [4.69, 9.17) is 10.7 Å². The van der Waals surface area contributed by atoms with Crippen LogP contribution in [0.5, 0.6) is 0 Å². The van der Waals surface area contributed by atoms with Crippen molar-refractivity contribution in [3.8, 4) is 0 Å². The number of anilines is 1. The first-order valence-corrected chi connectivity index (χ1v) is 10.4. The standard InChI is InChI=1S/C23H29N5O/c1-15(13-28-17(3)11-16(2)26-28)23(29)27-10-6-8-19(14-27)22-20(24)12-18-7-4-5-9-21(18)25-22/h4-5,7,9,11-12,15,19H,6,8,10,13-14,24H2,1-3H3/t15-,19+/m0/s1. The van der Waals surface area contributed by atoms with Gasteiger partial charge in [0.25, 0.3) is 0 Å². The molecular weight excluding hydrogens is 362 g/mol. The molecular formula is C23H29N5O. The van der Waals surface area contributed by atoms with E-state index in [2.05, 4.69) is 5.10 Å². The Bertz CT molecular complexity index is 1040. The SMILES string of the molecule is Cc1cc(C)n(C[C@H](C)C(=O)N2CCC[C@@H](c3nc4ccccc4cc3N)C2)n1. The molecule has 2 N–H and O–H groups in total. The van der Waals surface area contributed by atoms with Crippen molar-refractivity contribution in [2.45, 2.75) is 46.1 Å². The van der Waals surface area contributed by atoms with E-state index in [0.717, 1.165) is 53.1 Å². The summed E-state index contributed by atoms with van der Waals surface area (Å²) in [5.74, 6) is 0.244. The van der Waals surface area contributed by atoms with Crippen LogP contribution in [0.2, 0.25) is 0 Å². The fourth-order valence-electron chi connectivity index (χ4n) is 4.38. The number of nitrogens with two attached hydrogens (primary N) is 1. The third-order valence-corrected chi connectivity index (χ3v) is 5.88. The Kier molecular flexibility index (Phi) is 5.26. The molecule has 3 heterocycles. The number of likely N-dealkylation sites (tertiary alicyclic amines) is 1. The molecule has 0 saturated carbocycles. The van der Waals surface area contributed by atoms with Gasteiger partial charge in [0.2, 0.25) is 5.91 Å². The van der Waals surface area contributed by atoms with Crippen LogP contribution in [-0.2, 0) is 11.3 Å². The fourth-order valence-corrected chi connectivity index (χ4v) is 4.38. The van der Waals surface area contributed by atoms with Gasteiger partial charge in [-0.3, -0.25) is 14.5 Å². The highest BCUT2D eigenvalue weighted by Gasteiger charge is 2.29. The second kappa shape index (κ2) is 7.85. The van der Waals surface area contributed by atoms with Gasteiger partial charge < -0.3 is 10.6 Å². The summed E-state index contributed by atoms with van der Waals surface area (Å²) in [6.07, 6.45) is 1.97. The summed E-state index contributed by atoms with van der Waals surface area (Å²) in [5, 5.41) is 5.55. The number of benzene rings is 1. The third-order valence-electron chi connectivity index (χ3n) is 5.88. The molecule has 152 valence electrons. The molecule has 1 saturated heterocycles. The van der Waals surface area contributed by atoms with Crippen LogP contribution in [0.25, 0.3) is 10.9 Å². The minimum absolute atomic E-state index is 0.117. The van der Waals surface area contributed by atoms with Crippen molar-refractivity contribution >= 4 is 22.5 Å². The van der Waals surface area contributed by atoms with E-state index in [1.54, 1.807) is 0 Å².